The van der Waals surface area contributed by atoms with Crippen molar-refractivity contribution in [2.24, 2.45) is 11.7 Å². The van der Waals surface area contributed by atoms with E-state index in [0.29, 0.717) is 22.0 Å². The van der Waals surface area contributed by atoms with Crippen LogP contribution in [0.4, 0.5) is 0 Å². The third kappa shape index (κ3) is 3.94. The van der Waals surface area contributed by atoms with E-state index in [1.165, 1.54) is 12.5 Å². The van der Waals surface area contributed by atoms with Gasteiger partial charge in [-0.05, 0) is 49.4 Å². The van der Waals surface area contributed by atoms with Crippen LogP contribution in [0.1, 0.15) is 48.0 Å². The number of hydrogen-bond acceptors (Lipinski definition) is 3. The van der Waals surface area contributed by atoms with Crippen LogP contribution in [-0.2, 0) is 0 Å². The van der Waals surface area contributed by atoms with Crippen LogP contribution in [0.2, 0.25) is 0 Å². The van der Waals surface area contributed by atoms with Gasteiger partial charge in [-0.2, -0.15) is 0 Å². The number of carbonyl (C=O) groups excluding carboxylic acids is 1. The molecular formula is C16H22N2O2S. The van der Waals surface area contributed by atoms with E-state index < -0.39 is 0 Å². The van der Waals surface area contributed by atoms with Crippen molar-refractivity contribution in [2.45, 2.75) is 45.1 Å². The summed E-state index contributed by atoms with van der Waals surface area (Å²) in [7, 11) is 0. The molecule has 1 aromatic carbocycles. The molecule has 0 saturated heterocycles. The highest BCUT2D eigenvalue weighted by molar-refractivity contribution is 7.80. The molecule has 1 aliphatic rings. The number of nitrogens with one attached hydrogen (secondary N) is 1. The zero-order valence-corrected chi connectivity index (χ0v) is 13.1. The number of rotatable bonds is 4. The number of aryl methyl sites for hydroxylation is 1. The second kappa shape index (κ2) is 6.89. The van der Waals surface area contributed by atoms with Crippen molar-refractivity contribution in [3.63, 3.8) is 0 Å². The Labute approximate surface area is 130 Å². The molecule has 0 heterocycles. The molecule has 4 N–H and O–H groups in total. The molecule has 1 atom stereocenters. The number of benzene rings is 1. The number of phenolic OH excluding ortho intramolecular Hbond substituents is 1. The third-order valence-electron chi connectivity index (χ3n) is 4.17. The summed E-state index contributed by atoms with van der Waals surface area (Å²) < 4.78 is 0. The summed E-state index contributed by atoms with van der Waals surface area (Å²) in [5, 5.41) is 12.5. The van der Waals surface area contributed by atoms with E-state index in [-0.39, 0.29) is 17.7 Å². The standard InChI is InChI=1S/C16H22N2O2S/c1-10-9-12(7-8-13(10)19)16(20)18-14(15(17)21)11-5-3-2-4-6-11/h7-9,11,14,19H,2-6H2,1H3,(H2,17,21)(H,18,20). The molecule has 0 aliphatic heterocycles. The summed E-state index contributed by atoms with van der Waals surface area (Å²) in [5.41, 5.74) is 7.01. The average molecular weight is 306 g/mol. The van der Waals surface area contributed by atoms with Gasteiger partial charge in [-0.15, -0.1) is 0 Å². The Morgan fingerprint density at radius 2 is 2.05 bits per heavy atom. The van der Waals surface area contributed by atoms with E-state index in [0.717, 1.165) is 25.7 Å². The summed E-state index contributed by atoms with van der Waals surface area (Å²) in [6, 6.07) is 4.56. The van der Waals surface area contributed by atoms with Crippen LogP contribution in [-0.4, -0.2) is 22.0 Å². The van der Waals surface area contributed by atoms with Gasteiger partial charge < -0.3 is 16.2 Å². The first kappa shape index (κ1) is 15.8. The Hall–Kier alpha value is -1.62. The van der Waals surface area contributed by atoms with Crippen molar-refractivity contribution in [3.05, 3.63) is 29.3 Å². The predicted molar refractivity (Wildman–Crippen MR) is 87.5 cm³/mol. The molecule has 0 bridgehead atoms. The lowest BCUT2D eigenvalue weighted by atomic mass is 9.83. The lowest BCUT2D eigenvalue weighted by molar-refractivity contribution is 0.0932. The van der Waals surface area contributed by atoms with E-state index in [1.54, 1.807) is 19.1 Å². The van der Waals surface area contributed by atoms with Crippen LogP contribution >= 0.6 is 12.2 Å². The van der Waals surface area contributed by atoms with Crippen molar-refractivity contribution >= 4 is 23.1 Å². The van der Waals surface area contributed by atoms with Crippen molar-refractivity contribution in [3.8, 4) is 5.75 Å². The van der Waals surface area contributed by atoms with Crippen molar-refractivity contribution in [2.75, 3.05) is 0 Å². The Morgan fingerprint density at radius 1 is 1.38 bits per heavy atom. The van der Waals surface area contributed by atoms with Gasteiger partial charge in [0.25, 0.3) is 5.91 Å². The fourth-order valence-electron chi connectivity index (χ4n) is 2.91. The third-order valence-corrected chi connectivity index (χ3v) is 4.43. The number of nitrogens with two attached hydrogens (primary N) is 1. The molecule has 1 aliphatic carbocycles. The number of phenols is 1. The van der Waals surface area contributed by atoms with Gasteiger partial charge >= 0.3 is 0 Å². The van der Waals surface area contributed by atoms with Gasteiger partial charge in [0.1, 0.15) is 5.75 Å². The first-order valence-electron chi connectivity index (χ1n) is 7.39. The van der Waals surface area contributed by atoms with Gasteiger partial charge in [0.05, 0.1) is 11.0 Å². The molecule has 1 fully saturated rings. The van der Waals surface area contributed by atoms with E-state index in [4.69, 9.17) is 18.0 Å². The molecule has 1 aromatic rings. The van der Waals surface area contributed by atoms with Crippen LogP contribution in [0, 0.1) is 12.8 Å². The minimum atomic E-state index is -0.248. The highest BCUT2D eigenvalue weighted by atomic mass is 32.1. The van der Waals surface area contributed by atoms with Gasteiger partial charge in [-0.1, -0.05) is 31.5 Å². The molecule has 4 nitrogen and oxygen atoms in total. The molecule has 5 heteroatoms. The molecule has 0 radical (unpaired) electrons. The smallest absolute Gasteiger partial charge is 0.251 e. The summed E-state index contributed by atoms with van der Waals surface area (Å²) in [6.07, 6.45) is 5.68. The second-order valence-corrected chi connectivity index (χ2v) is 6.22. The summed E-state index contributed by atoms with van der Waals surface area (Å²) in [4.78, 5) is 12.7. The minimum Gasteiger partial charge on any atom is -0.508 e. The maximum atomic E-state index is 12.4. The summed E-state index contributed by atoms with van der Waals surface area (Å²) >= 11 is 5.14. The van der Waals surface area contributed by atoms with Crippen molar-refractivity contribution in [1.29, 1.82) is 0 Å². The first-order valence-corrected chi connectivity index (χ1v) is 7.79. The topological polar surface area (TPSA) is 75.4 Å². The first-order chi connectivity index (χ1) is 9.99. The summed E-state index contributed by atoms with van der Waals surface area (Å²) in [5.74, 6) is 0.324. The number of carbonyl (C=O) groups is 1. The van der Waals surface area contributed by atoms with Gasteiger partial charge in [-0.25, -0.2) is 0 Å². The molecule has 1 saturated carbocycles. The fourth-order valence-corrected chi connectivity index (χ4v) is 3.16. The normalized spacial score (nSPS) is 17.2. The van der Waals surface area contributed by atoms with Crippen LogP contribution in [0.15, 0.2) is 18.2 Å². The highest BCUT2D eigenvalue weighted by Crippen LogP contribution is 2.27. The van der Waals surface area contributed by atoms with E-state index >= 15 is 0 Å². The molecule has 21 heavy (non-hydrogen) atoms. The Bertz CT molecular complexity index is 539. The zero-order valence-electron chi connectivity index (χ0n) is 12.3. The van der Waals surface area contributed by atoms with E-state index in [9.17, 15) is 9.90 Å². The van der Waals surface area contributed by atoms with Crippen molar-refractivity contribution in [1.82, 2.24) is 5.32 Å². The largest absolute Gasteiger partial charge is 0.508 e. The predicted octanol–water partition coefficient (Wildman–Crippen LogP) is 2.67. The van der Waals surface area contributed by atoms with Gasteiger partial charge in [-0.3, -0.25) is 4.79 Å². The Balaban J connectivity index is 2.10. The minimum absolute atomic E-state index is 0.185. The quantitative estimate of drug-likeness (QED) is 0.748. The van der Waals surface area contributed by atoms with Gasteiger partial charge in [0.15, 0.2) is 0 Å². The fraction of sp³-hybridized carbons (Fsp3) is 0.500. The van der Waals surface area contributed by atoms with Crippen LogP contribution < -0.4 is 11.1 Å². The number of amides is 1. The molecular weight excluding hydrogens is 284 g/mol. The zero-order chi connectivity index (χ0) is 15.4. The number of thiocarbonyl (C=S) groups is 1. The maximum Gasteiger partial charge on any atom is 0.251 e. The molecule has 1 unspecified atom stereocenters. The maximum absolute atomic E-state index is 12.4. The van der Waals surface area contributed by atoms with Gasteiger partial charge in [0, 0.05) is 5.56 Å². The number of aromatic hydroxyl groups is 1. The highest BCUT2D eigenvalue weighted by Gasteiger charge is 2.27. The van der Waals surface area contributed by atoms with Crippen LogP contribution in [0.3, 0.4) is 0 Å². The SMILES string of the molecule is Cc1cc(C(=O)NC(C(N)=S)C2CCCCC2)ccc1O. The molecule has 114 valence electrons. The molecule has 0 spiro atoms. The molecule has 0 aromatic heterocycles. The lowest BCUT2D eigenvalue weighted by Crippen LogP contribution is -2.48. The van der Waals surface area contributed by atoms with Crippen LogP contribution in [0.5, 0.6) is 5.75 Å². The molecule has 1 amide bonds. The Morgan fingerprint density at radius 3 is 2.62 bits per heavy atom. The van der Waals surface area contributed by atoms with E-state index in [1.807, 2.05) is 0 Å². The van der Waals surface area contributed by atoms with E-state index in [2.05, 4.69) is 5.32 Å². The molecule has 2 rings (SSSR count). The number of hydrogen-bond donors (Lipinski definition) is 3. The van der Waals surface area contributed by atoms with Gasteiger partial charge in [0.2, 0.25) is 0 Å². The monoisotopic (exact) mass is 306 g/mol. The van der Waals surface area contributed by atoms with Crippen LogP contribution in [0.25, 0.3) is 0 Å². The average Bonchev–Trinajstić information content (AvgIpc) is 2.48. The summed E-state index contributed by atoms with van der Waals surface area (Å²) in [6.45, 7) is 1.76. The second-order valence-electron chi connectivity index (χ2n) is 5.75. The lowest BCUT2D eigenvalue weighted by Gasteiger charge is -2.30. The van der Waals surface area contributed by atoms with Crippen molar-refractivity contribution < 1.29 is 9.90 Å². The Kier molecular flexibility index (Phi) is 5.17.